The minimum atomic E-state index is -3.33. The maximum absolute atomic E-state index is 13.8. The van der Waals surface area contributed by atoms with Crippen molar-refractivity contribution in [2.45, 2.75) is 32.2 Å². The zero-order valence-electron chi connectivity index (χ0n) is 16.3. The van der Waals surface area contributed by atoms with E-state index in [1.165, 1.54) is 5.19 Å². The Kier molecular flexibility index (Phi) is 7.24. The van der Waals surface area contributed by atoms with Crippen LogP contribution in [-0.4, -0.2) is 28.4 Å². The molecule has 2 aromatic rings. The van der Waals surface area contributed by atoms with Gasteiger partial charge in [-0.2, -0.15) is 0 Å². The summed E-state index contributed by atoms with van der Waals surface area (Å²) in [6.45, 7) is 8.86. The topological polar surface area (TPSA) is 44.8 Å². The summed E-state index contributed by atoms with van der Waals surface area (Å²) in [6, 6.07) is 18.0. The van der Waals surface area contributed by atoms with Gasteiger partial charge in [-0.15, -0.1) is 0 Å². The van der Waals surface area contributed by atoms with Crippen LogP contribution in [-0.2, 0) is 13.6 Å². The first-order chi connectivity index (χ1) is 12.4. The molecule has 4 nitrogen and oxygen atoms in total. The number of rotatable bonds is 9. The van der Waals surface area contributed by atoms with Crippen LogP contribution >= 0.6 is 7.60 Å². The Balaban J connectivity index is 2.59. The fourth-order valence-electron chi connectivity index (χ4n) is 3.35. The first-order valence-electron chi connectivity index (χ1n) is 8.97. The quantitative estimate of drug-likeness (QED) is 0.437. The van der Waals surface area contributed by atoms with E-state index in [-0.39, 0.29) is 5.28 Å². The SMILES string of the molecule is CCOP(=O)(OCC)[C@@H](c1ccccc1)[Si](C)(C)c1ccc(OC)cc1. The van der Waals surface area contributed by atoms with Crippen molar-refractivity contribution < 1.29 is 18.3 Å². The molecule has 0 heterocycles. The Bertz CT molecular complexity index is 721. The van der Waals surface area contributed by atoms with E-state index in [1.54, 1.807) is 7.11 Å². The molecule has 0 radical (unpaired) electrons. The number of benzene rings is 2. The second-order valence-electron chi connectivity index (χ2n) is 6.64. The van der Waals surface area contributed by atoms with Gasteiger partial charge in [0, 0.05) is 0 Å². The van der Waals surface area contributed by atoms with E-state index in [0.717, 1.165) is 11.3 Å². The van der Waals surface area contributed by atoms with Gasteiger partial charge in [-0.3, -0.25) is 4.57 Å². The van der Waals surface area contributed by atoms with Crippen LogP contribution in [0.15, 0.2) is 54.6 Å². The summed E-state index contributed by atoms with van der Waals surface area (Å²) in [5.74, 6) is 0.813. The third kappa shape index (κ3) is 4.47. The van der Waals surface area contributed by atoms with E-state index in [2.05, 4.69) is 25.2 Å². The van der Waals surface area contributed by atoms with Gasteiger partial charge in [0.2, 0.25) is 0 Å². The second-order valence-corrected chi connectivity index (χ2v) is 13.8. The fraction of sp³-hybridized carbons (Fsp3) is 0.400. The Hall–Kier alpha value is -1.39. The molecule has 26 heavy (non-hydrogen) atoms. The smallest absolute Gasteiger partial charge is 0.335 e. The molecule has 0 bridgehead atoms. The van der Waals surface area contributed by atoms with Gasteiger partial charge < -0.3 is 13.8 Å². The predicted octanol–water partition coefficient (Wildman–Crippen LogP) is 5.16. The van der Waals surface area contributed by atoms with Gasteiger partial charge in [-0.05, 0) is 31.5 Å². The molecule has 0 aromatic heterocycles. The van der Waals surface area contributed by atoms with Crippen molar-refractivity contribution in [3.63, 3.8) is 0 Å². The van der Waals surface area contributed by atoms with Crippen LogP contribution in [0.2, 0.25) is 13.1 Å². The summed E-state index contributed by atoms with van der Waals surface area (Å²) in [4.78, 5) is 0. The van der Waals surface area contributed by atoms with Gasteiger partial charge in [0.15, 0.2) is 0 Å². The van der Waals surface area contributed by atoms with E-state index in [1.807, 2.05) is 56.3 Å². The first kappa shape index (κ1) is 20.9. The number of methoxy groups -OCH3 is 1. The van der Waals surface area contributed by atoms with Crippen LogP contribution in [0.5, 0.6) is 5.75 Å². The van der Waals surface area contributed by atoms with E-state index >= 15 is 0 Å². The Labute approximate surface area is 158 Å². The summed E-state index contributed by atoms with van der Waals surface area (Å²) >= 11 is 0. The molecular weight excluding hydrogens is 363 g/mol. The van der Waals surface area contributed by atoms with Gasteiger partial charge in [0.25, 0.3) is 0 Å². The lowest BCUT2D eigenvalue weighted by Crippen LogP contribution is -2.48. The van der Waals surface area contributed by atoms with E-state index < -0.39 is 15.7 Å². The molecule has 6 heteroatoms. The average molecular weight is 393 g/mol. The van der Waals surface area contributed by atoms with Crippen LogP contribution < -0.4 is 9.92 Å². The molecule has 0 aliphatic heterocycles. The minimum absolute atomic E-state index is 0.288. The predicted molar refractivity (Wildman–Crippen MR) is 110 cm³/mol. The highest BCUT2D eigenvalue weighted by atomic mass is 31.2. The van der Waals surface area contributed by atoms with Gasteiger partial charge in [-0.1, -0.05) is 60.7 Å². The highest BCUT2D eigenvalue weighted by Crippen LogP contribution is 2.64. The molecule has 1 atom stereocenters. The van der Waals surface area contributed by atoms with Crippen LogP contribution in [0.1, 0.15) is 24.7 Å². The van der Waals surface area contributed by atoms with Crippen LogP contribution in [0.25, 0.3) is 0 Å². The third-order valence-corrected chi connectivity index (χ3v) is 13.1. The molecule has 0 aliphatic rings. The molecule has 2 aromatic carbocycles. The van der Waals surface area contributed by atoms with Crippen LogP contribution in [0, 0.1) is 0 Å². The molecule has 0 saturated carbocycles. The Morgan fingerprint density at radius 2 is 1.46 bits per heavy atom. The normalized spacial score (nSPS) is 13.4. The minimum Gasteiger partial charge on any atom is -0.497 e. The number of ether oxygens (including phenoxy) is 1. The molecule has 0 unspecified atom stereocenters. The number of hydrogen-bond donors (Lipinski definition) is 0. The molecule has 0 aliphatic carbocycles. The monoisotopic (exact) mass is 392 g/mol. The summed E-state index contributed by atoms with van der Waals surface area (Å²) in [5.41, 5.74) is 1.00. The zero-order chi connectivity index (χ0) is 19.2. The van der Waals surface area contributed by atoms with Crippen molar-refractivity contribution in [2.75, 3.05) is 20.3 Å². The second kappa shape index (κ2) is 9.00. The number of hydrogen-bond acceptors (Lipinski definition) is 4. The van der Waals surface area contributed by atoms with Crippen molar-refractivity contribution in [3.05, 3.63) is 60.2 Å². The van der Waals surface area contributed by atoms with Gasteiger partial charge >= 0.3 is 7.60 Å². The average Bonchev–Trinajstić information content (AvgIpc) is 2.63. The largest absolute Gasteiger partial charge is 0.497 e. The van der Waals surface area contributed by atoms with Crippen molar-refractivity contribution in [1.82, 2.24) is 0 Å². The molecule has 2 rings (SSSR count). The van der Waals surface area contributed by atoms with Crippen molar-refractivity contribution in [2.24, 2.45) is 0 Å². The zero-order valence-corrected chi connectivity index (χ0v) is 18.2. The Morgan fingerprint density at radius 3 is 1.92 bits per heavy atom. The lowest BCUT2D eigenvalue weighted by molar-refractivity contribution is 0.217. The summed E-state index contributed by atoms with van der Waals surface area (Å²) in [7, 11) is -3.94. The fourth-order valence-corrected chi connectivity index (χ4v) is 11.4. The van der Waals surface area contributed by atoms with E-state index in [9.17, 15) is 4.57 Å². The van der Waals surface area contributed by atoms with Gasteiger partial charge in [-0.25, -0.2) is 0 Å². The van der Waals surface area contributed by atoms with Gasteiger partial charge in [0.05, 0.1) is 25.6 Å². The van der Waals surface area contributed by atoms with Crippen molar-refractivity contribution in [1.29, 1.82) is 0 Å². The summed E-state index contributed by atoms with van der Waals surface area (Å²) < 4.78 is 30.7. The lowest BCUT2D eigenvalue weighted by Gasteiger charge is -2.37. The first-order valence-corrected chi connectivity index (χ1v) is 13.7. The van der Waals surface area contributed by atoms with Crippen molar-refractivity contribution in [3.8, 4) is 5.75 Å². The molecule has 0 spiro atoms. The van der Waals surface area contributed by atoms with Crippen LogP contribution in [0.3, 0.4) is 0 Å². The third-order valence-electron chi connectivity index (χ3n) is 4.57. The maximum Gasteiger partial charge on any atom is 0.335 e. The molecule has 0 fully saturated rings. The van der Waals surface area contributed by atoms with E-state index in [0.29, 0.717) is 13.2 Å². The molecular formula is C20H29O4PSi. The molecule has 142 valence electrons. The molecule has 0 saturated heterocycles. The van der Waals surface area contributed by atoms with E-state index in [4.69, 9.17) is 13.8 Å². The summed E-state index contributed by atoms with van der Waals surface area (Å²) in [6.07, 6.45) is 0. The highest BCUT2D eigenvalue weighted by Gasteiger charge is 2.48. The Morgan fingerprint density at radius 1 is 0.923 bits per heavy atom. The lowest BCUT2D eigenvalue weighted by atomic mass is 10.2. The molecule has 0 N–H and O–H groups in total. The van der Waals surface area contributed by atoms with Crippen LogP contribution in [0.4, 0.5) is 0 Å². The molecule has 0 amide bonds. The maximum atomic E-state index is 13.8. The summed E-state index contributed by atoms with van der Waals surface area (Å²) in [5, 5.41) is 0.899. The van der Waals surface area contributed by atoms with Gasteiger partial charge in [0.1, 0.15) is 13.8 Å². The highest BCUT2D eigenvalue weighted by molar-refractivity contribution is 7.58. The standard InChI is InChI=1S/C20H29O4PSi/c1-6-23-25(21,24-7-2)20(17-11-9-8-10-12-17)26(4,5)19-15-13-18(22-3)14-16-19/h8-16,20H,6-7H2,1-5H3/t20-/m1/s1. The van der Waals surface area contributed by atoms with Crippen molar-refractivity contribution >= 4 is 20.9 Å².